The number of rotatable bonds is 3. The van der Waals surface area contributed by atoms with Gasteiger partial charge in [-0.2, -0.15) is 0 Å². The van der Waals surface area contributed by atoms with E-state index in [9.17, 15) is 0 Å². The largest absolute Gasteiger partial charge is 0.325 e. The molecule has 0 aromatic carbocycles. The Morgan fingerprint density at radius 1 is 1.20 bits per heavy atom. The highest BCUT2D eigenvalue weighted by Gasteiger charge is 2.29. The molecule has 2 aliphatic carbocycles. The predicted molar refractivity (Wildman–Crippen MR) is 57.4 cm³/mol. The van der Waals surface area contributed by atoms with Gasteiger partial charge in [0, 0.05) is 12.5 Å². The minimum absolute atomic E-state index is 0.588. The van der Waals surface area contributed by atoms with Gasteiger partial charge in [-0.3, -0.25) is 0 Å². The van der Waals surface area contributed by atoms with Gasteiger partial charge in [0.05, 0.1) is 17.4 Å². The van der Waals surface area contributed by atoms with Crippen molar-refractivity contribution in [1.29, 1.82) is 0 Å². The lowest BCUT2D eigenvalue weighted by molar-refractivity contribution is 0.277. The first kappa shape index (κ1) is 9.33. The van der Waals surface area contributed by atoms with Gasteiger partial charge in [0.1, 0.15) is 0 Å². The lowest BCUT2D eigenvalue weighted by Gasteiger charge is -2.28. The standard InChI is InChI=1S/C11H18N4/c12-7-10-11(8-3-1-4-8)13-14-15(10)9-5-2-6-9/h8-9H,1-7,12H2. The fraction of sp³-hybridized carbons (Fsp3) is 0.818. The Labute approximate surface area is 89.8 Å². The first-order valence-electron chi connectivity index (χ1n) is 6.04. The van der Waals surface area contributed by atoms with Crippen molar-refractivity contribution in [1.82, 2.24) is 15.0 Å². The highest BCUT2D eigenvalue weighted by atomic mass is 15.4. The molecule has 4 nitrogen and oxygen atoms in total. The number of hydrogen-bond donors (Lipinski definition) is 1. The van der Waals surface area contributed by atoms with E-state index in [1.807, 2.05) is 0 Å². The quantitative estimate of drug-likeness (QED) is 0.819. The summed E-state index contributed by atoms with van der Waals surface area (Å²) in [4.78, 5) is 0. The normalized spacial score (nSPS) is 22.5. The van der Waals surface area contributed by atoms with Crippen LogP contribution >= 0.6 is 0 Å². The van der Waals surface area contributed by atoms with E-state index in [-0.39, 0.29) is 0 Å². The maximum Gasteiger partial charge on any atom is 0.0903 e. The molecule has 0 unspecified atom stereocenters. The molecule has 1 aromatic rings. The lowest BCUT2D eigenvalue weighted by atomic mass is 9.82. The maximum absolute atomic E-state index is 5.83. The van der Waals surface area contributed by atoms with E-state index < -0.39 is 0 Å². The van der Waals surface area contributed by atoms with Crippen molar-refractivity contribution in [3.05, 3.63) is 11.4 Å². The van der Waals surface area contributed by atoms with Crippen molar-refractivity contribution in [3.8, 4) is 0 Å². The van der Waals surface area contributed by atoms with Gasteiger partial charge in [-0.25, -0.2) is 4.68 Å². The molecular weight excluding hydrogens is 188 g/mol. The Balaban J connectivity index is 1.90. The zero-order valence-electron chi connectivity index (χ0n) is 9.02. The lowest BCUT2D eigenvalue weighted by Crippen LogP contribution is -2.22. The first-order valence-corrected chi connectivity index (χ1v) is 6.04. The van der Waals surface area contributed by atoms with Gasteiger partial charge in [0.2, 0.25) is 0 Å². The second-order valence-electron chi connectivity index (χ2n) is 4.78. The van der Waals surface area contributed by atoms with Gasteiger partial charge in [-0.05, 0) is 32.1 Å². The summed E-state index contributed by atoms with van der Waals surface area (Å²) in [6, 6.07) is 0.588. The van der Waals surface area contributed by atoms with Crippen LogP contribution in [0.25, 0.3) is 0 Å². The topological polar surface area (TPSA) is 56.7 Å². The summed E-state index contributed by atoms with van der Waals surface area (Å²) in [7, 11) is 0. The molecule has 0 saturated heterocycles. The van der Waals surface area contributed by atoms with Gasteiger partial charge < -0.3 is 5.73 Å². The highest BCUT2D eigenvalue weighted by Crippen LogP contribution is 2.39. The predicted octanol–water partition coefficient (Wildman–Crippen LogP) is 1.73. The third-order valence-corrected chi connectivity index (χ3v) is 3.93. The van der Waals surface area contributed by atoms with Crippen LogP contribution in [-0.2, 0) is 6.54 Å². The Hall–Kier alpha value is -0.900. The highest BCUT2D eigenvalue weighted by molar-refractivity contribution is 5.18. The molecule has 4 heteroatoms. The monoisotopic (exact) mass is 206 g/mol. The fourth-order valence-electron chi connectivity index (χ4n) is 2.45. The van der Waals surface area contributed by atoms with Crippen LogP contribution in [0.4, 0.5) is 0 Å². The van der Waals surface area contributed by atoms with Crippen molar-refractivity contribution < 1.29 is 0 Å². The summed E-state index contributed by atoms with van der Waals surface area (Å²) < 4.78 is 2.09. The molecule has 0 aliphatic heterocycles. The van der Waals surface area contributed by atoms with Crippen LogP contribution in [0, 0.1) is 0 Å². The summed E-state index contributed by atoms with van der Waals surface area (Å²) in [5.41, 5.74) is 8.22. The molecule has 82 valence electrons. The summed E-state index contributed by atoms with van der Waals surface area (Å²) >= 11 is 0. The average Bonchev–Trinajstić information content (AvgIpc) is 2.43. The van der Waals surface area contributed by atoms with E-state index in [1.165, 1.54) is 49.9 Å². The molecule has 0 radical (unpaired) electrons. The van der Waals surface area contributed by atoms with Gasteiger partial charge >= 0.3 is 0 Å². The Kier molecular flexibility index (Phi) is 2.24. The van der Waals surface area contributed by atoms with Crippen molar-refractivity contribution >= 4 is 0 Å². The van der Waals surface area contributed by atoms with Crippen molar-refractivity contribution in [2.45, 2.75) is 57.0 Å². The molecule has 0 atom stereocenters. The first-order chi connectivity index (χ1) is 7.40. The molecule has 1 aromatic heterocycles. The van der Waals surface area contributed by atoms with Crippen LogP contribution in [-0.4, -0.2) is 15.0 Å². The van der Waals surface area contributed by atoms with E-state index >= 15 is 0 Å². The van der Waals surface area contributed by atoms with Crippen LogP contribution in [0.5, 0.6) is 0 Å². The minimum Gasteiger partial charge on any atom is -0.325 e. The maximum atomic E-state index is 5.83. The third-order valence-electron chi connectivity index (χ3n) is 3.93. The molecule has 1 heterocycles. The molecule has 2 aliphatic rings. The third kappa shape index (κ3) is 1.39. The zero-order valence-corrected chi connectivity index (χ0v) is 9.02. The number of nitrogens with zero attached hydrogens (tertiary/aromatic N) is 3. The number of aromatic nitrogens is 3. The zero-order chi connectivity index (χ0) is 10.3. The van der Waals surface area contributed by atoms with Crippen molar-refractivity contribution in [2.24, 2.45) is 5.73 Å². The summed E-state index contributed by atoms with van der Waals surface area (Å²) in [6.07, 6.45) is 7.71. The number of nitrogens with two attached hydrogens (primary N) is 1. The van der Waals surface area contributed by atoms with Crippen LogP contribution in [0.1, 0.15) is 61.9 Å². The Morgan fingerprint density at radius 2 is 1.93 bits per heavy atom. The summed E-state index contributed by atoms with van der Waals surface area (Å²) in [6.45, 7) is 0.593. The van der Waals surface area contributed by atoms with E-state index in [2.05, 4.69) is 15.0 Å². The van der Waals surface area contributed by atoms with Crippen molar-refractivity contribution in [3.63, 3.8) is 0 Å². The Bertz CT molecular complexity index is 318. The van der Waals surface area contributed by atoms with Crippen LogP contribution in [0.3, 0.4) is 0 Å². The minimum atomic E-state index is 0.588. The molecule has 0 spiro atoms. The second-order valence-corrected chi connectivity index (χ2v) is 4.78. The van der Waals surface area contributed by atoms with Crippen LogP contribution in [0.15, 0.2) is 0 Å². The smallest absolute Gasteiger partial charge is 0.0903 e. The van der Waals surface area contributed by atoms with E-state index in [1.54, 1.807) is 0 Å². The van der Waals surface area contributed by atoms with Gasteiger partial charge in [-0.1, -0.05) is 11.6 Å². The van der Waals surface area contributed by atoms with Gasteiger partial charge in [0.15, 0.2) is 0 Å². The molecule has 2 N–H and O–H groups in total. The molecule has 2 saturated carbocycles. The van der Waals surface area contributed by atoms with E-state index in [0.717, 1.165) is 0 Å². The average molecular weight is 206 g/mol. The molecule has 0 bridgehead atoms. The van der Waals surface area contributed by atoms with E-state index in [0.29, 0.717) is 18.5 Å². The molecule has 3 rings (SSSR count). The van der Waals surface area contributed by atoms with Gasteiger partial charge in [0.25, 0.3) is 0 Å². The van der Waals surface area contributed by atoms with E-state index in [4.69, 9.17) is 5.73 Å². The van der Waals surface area contributed by atoms with Crippen LogP contribution in [0.2, 0.25) is 0 Å². The molecule has 15 heavy (non-hydrogen) atoms. The second kappa shape index (κ2) is 3.59. The Morgan fingerprint density at radius 3 is 2.40 bits per heavy atom. The molecule has 0 amide bonds. The molecular formula is C11H18N4. The van der Waals surface area contributed by atoms with Gasteiger partial charge in [-0.15, -0.1) is 5.10 Å². The summed E-state index contributed by atoms with van der Waals surface area (Å²) in [5.74, 6) is 0.650. The van der Waals surface area contributed by atoms with Crippen LogP contribution < -0.4 is 5.73 Å². The number of hydrogen-bond acceptors (Lipinski definition) is 3. The fourth-order valence-corrected chi connectivity index (χ4v) is 2.45. The SMILES string of the molecule is NCc1c(C2CCC2)nnn1C1CCC1. The summed E-state index contributed by atoms with van der Waals surface area (Å²) in [5, 5.41) is 8.64. The van der Waals surface area contributed by atoms with Crippen molar-refractivity contribution in [2.75, 3.05) is 0 Å². The molecule has 2 fully saturated rings.